The zero-order chi connectivity index (χ0) is 13.0. The molecule has 1 saturated carbocycles. The third kappa shape index (κ3) is 2.91. The van der Waals surface area contributed by atoms with Gasteiger partial charge in [0.25, 0.3) is 0 Å². The highest BCUT2D eigenvalue weighted by atomic mass is 16.5. The molecular formula is C13H17NO4. The van der Waals surface area contributed by atoms with Gasteiger partial charge in [-0.25, -0.2) is 4.79 Å². The van der Waals surface area contributed by atoms with Gasteiger partial charge in [0.05, 0.1) is 18.8 Å². The van der Waals surface area contributed by atoms with Crippen molar-refractivity contribution in [1.29, 1.82) is 0 Å². The SMILES string of the molecule is CCOC(=O)c1cc(OC2CCCC2)cc[n+]1[O-]. The Morgan fingerprint density at radius 1 is 1.50 bits per heavy atom. The zero-order valence-corrected chi connectivity index (χ0v) is 10.4. The van der Waals surface area contributed by atoms with Crippen LogP contribution in [0.4, 0.5) is 0 Å². The molecule has 0 N–H and O–H groups in total. The number of rotatable bonds is 4. The number of ether oxygens (including phenoxy) is 2. The van der Waals surface area contributed by atoms with Crippen molar-refractivity contribution in [2.45, 2.75) is 38.7 Å². The first kappa shape index (κ1) is 12.7. The first-order valence-electron chi connectivity index (χ1n) is 6.27. The molecule has 18 heavy (non-hydrogen) atoms. The van der Waals surface area contributed by atoms with Gasteiger partial charge in [0.2, 0.25) is 0 Å². The molecule has 98 valence electrons. The van der Waals surface area contributed by atoms with Crippen molar-refractivity contribution < 1.29 is 19.0 Å². The average Bonchev–Trinajstić information content (AvgIpc) is 2.84. The van der Waals surface area contributed by atoms with Crippen molar-refractivity contribution in [3.05, 3.63) is 29.2 Å². The topological polar surface area (TPSA) is 62.5 Å². The lowest BCUT2D eigenvalue weighted by atomic mass is 10.3. The largest absolute Gasteiger partial charge is 0.618 e. The summed E-state index contributed by atoms with van der Waals surface area (Å²) in [5.41, 5.74) is -0.0349. The summed E-state index contributed by atoms with van der Waals surface area (Å²) in [4.78, 5) is 11.6. The van der Waals surface area contributed by atoms with Crippen LogP contribution in [0.3, 0.4) is 0 Å². The Morgan fingerprint density at radius 2 is 2.22 bits per heavy atom. The molecule has 5 heteroatoms. The lowest BCUT2D eigenvalue weighted by molar-refractivity contribution is -0.608. The maximum absolute atomic E-state index is 11.6. The van der Waals surface area contributed by atoms with Gasteiger partial charge in [0.1, 0.15) is 5.75 Å². The van der Waals surface area contributed by atoms with E-state index >= 15 is 0 Å². The van der Waals surface area contributed by atoms with Gasteiger partial charge in [-0.05, 0) is 32.6 Å². The van der Waals surface area contributed by atoms with Gasteiger partial charge in [0, 0.05) is 6.07 Å². The smallest absolute Gasteiger partial charge is 0.405 e. The van der Waals surface area contributed by atoms with Gasteiger partial charge in [-0.3, -0.25) is 0 Å². The normalized spacial score (nSPS) is 15.6. The molecule has 1 aromatic rings. The number of nitrogens with zero attached hydrogens (tertiary/aromatic N) is 1. The van der Waals surface area contributed by atoms with Crippen LogP contribution in [0.1, 0.15) is 43.1 Å². The first-order valence-corrected chi connectivity index (χ1v) is 6.27. The minimum absolute atomic E-state index is 0.0349. The van der Waals surface area contributed by atoms with Crippen LogP contribution in [-0.4, -0.2) is 18.7 Å². The molecule has 0 aliphatic heterocycles. The molecule has 0 atom stereocenters. The van der Waals surface area contributed by atoms with Crippen molar-refractivity contribution in [3.8, 4) is 5.75 Å². The number of esters is 1. The number of carbonyl (C=O) groups excluding carboxylic acids is 1. The zero-order valence-electron chi connectivity index (χ0n) is 10.4. The summed E-state index contributed by atoms with van der Waals surface area (Å²) < 4.78 is 11.1. The highest BCUT2D eigenvalue weighted by Gasteiger charge is 2.21. The van der Waals surface area contributed by atoms with Crippen LogP contribution in [0, 0.1) is 5.21 Å². The average molecular weight is 251 g/mol. The van der Waals surface area contributed by atoms with E-state index in [4.69, 9.17) is 9.47 Å². The molecule has 2 rings (SSSR count). The second-order valence-corrected chi connectivity index (χ2v) is 4.32. The molecule has 1 aliphatic rings. The summed E-state index contributed by atoms with van der Waals surface area (Å²) in [5, 5.41) is 11.5. The molecule has 1 aromatic heterocycles. The van der Waals surface area contributed by atoms with E-state index in [2.05, 4.69) is 0 Å². The molecule has 0 radical (unpaired) electrons. The Labute approximate surface area is 106 Å². The third-order valence-electron chi connectivity index (χ3n) is 2.98. The molecule has 0 bridgehead atoms. The minimum Gasteiger partial charge on any atom is -0.618 e. The Bertz CT molecular complexity index is 427. The van der Waals surface area contributed by atoms with E-state index in [0.717, 1.165) is 12.8 Å². The van der Waals surface area contributed by atoms with Gasteiger partial charge >= 0.3 is 11.7 Å². The van der Waals surface area contributed by atoms with Crippen LogP contribution in [0.2, 0.25) is 0 Å². The monoisotopic (exact) mass is 251 g/mol. The van der Waals surface area contributed by atoms with Crippen LogP contribution < -0.4 is 9.47 Å². The fourth-order valence-electron chi connectivity index (χ4n) is 2.09. The summed E-state index contributed by atoms with van der Waals surface area (Å²) >= 11 is 0. The summed E-state index contributed by atoms with van der Waals surface area (Å²) in [6.45, 7) is 1.94. The number of pyridine rings is 1. The number of hydrogen-bond acceptors (Lipinski definition) is 4. The van der Waals surface area contributed by atoms with E-state index in [0.29, 0.717) is 10.5 Å². The molecule has 1 fully saturated rings. The highest BCUT2D eigenvalue weighted by Crippen LogP contribution is 2.23. The van der Waals surface area contributed by atoms with Crippen LogP contribution in [0.25, 0.3) is 0 Å². The number of carbonyl (C=O) groups is 1. The molecule has 0 amide bonds. The minimum atomic E-state index is -0.621. The maximum Gasteiger partial charge on any atom is 0.405 e. The van der Waals surface area contributed by atoms with Gasteiger partial charge in [-0.2, -0.15) is 4.73 Å². The highest BCUT2D eigenvalue weighted by molar-refractivity contribution is 5.86. The molecule has 1 aliphatic carbocycles. The quantitative estimate of drug-likeness (QED) is 0.465. The fourth-order valence-corrected chi connectivity index (χ4v) is 2.09. The number of aromatic nitrogens is 1. The van der Waals surface area contributed by atoms with Crippen LogP contribution >= 0.6 is 0 Å². The van der Waals surface area contributed by atoms with Gasteiger partial charge in [-0.15, -0.1) is 0 Å². The summed E-state index contributed by atoms with van der Waals surface area (Å²) in [6.07, 6.45) is 5.87. The van der Waals surface area contributed by atoms with Gasteiger partial charge < -0.3 is 14.7 Å². The molecule has 0 aromatic carbocycles. The molecule has 0 unspecified atom stereocenters. The fraction of sp³-hybridized carbons (Fsp3) is 0.538. The van der Waals surface area contributed by atoms with Crippen LogP contribution in [0.5, 0.6) is 5.75 Å². The van der Waals surface area contributed by atoms with E-state index in [1.807, 2.05) is 0 Å². The Hall–Kier alpha value is -1.78. The molecule has 0 spiro atoms. The summed E-state index contributed by atoms with van der Waals surface area (Å²) in [5.74, 6) is -0.0681. The van der Waals surface area contributed by atoms with Gasteiger partial charge in [-0.1, -0.05) is 0 Å². The van der Waals surface area contributed by atoms with Crippen molar-refractivity contribution >= 4 is 5.97 Å². The molecule has 5 nitrogen and oxygen atoms in total. The molecule has 0 saturated heterocycles. The Kier molecular flexibility index (Phi) is 4.02. The number of hydrogen-bond donors (Lipinski definition) is 0. The summed E-state index contributed by atoms with van der Waals surface area (Å²) in [7, 11) is 0. The first-order chi connectivity index (χ1) is 8.70. The van der Waals surface area contributed by atoms with Crippen molar-refractivity contribution in [2.75, 3.05) is 6.61 Å². The molecule has 1 heterocycles. The van der Waals surface area contributed by atoms with E-state index in [-0.39, 0.29) is 18.4 Å². The van der Waals surface area contributed by atoms with E-state index in [9.17, 15) is 10.0 Å². The van der Waals surface area contributed by atoms with E-state index in [1.165, 1.54) is 25.1 Å². The standard InChI is InChI=1S/C13H17NO4/c1-2-17-13(15)12-9-11(7-8-14(12)16)18-10-5-3-4-6-10/h7-10H,2-6H2,1H3. The van der Waals surface area contributed by atoms with Crippen molar-refractivity contribution in [3.63, 3.8) is 0 Å². The second-order valence-electron chi connectivity index (χ2n) is 4.32. The Balaban J connectivity index is 2.12. The van der Waals surface area contributed by atoms with E-state index in [1.54, 1.807) is 13.0 Å². The predicted octanol–water partition coefficient (Wildman–Crippen LogP) is 1.82. The Morgan fingerprint density at radius 3 is 2.89 bits per heavy atom. The van der Waals surface area contributed by atoms with Crippen molar-refractivity contribution in [2.24, 2.45) is 0 Å². The van der Waals surface area contributed by atoms with Crippen LogP contribution in [-0.2, 0) is 4.74 Å². The lowest BCUT2D eigenvalue weighted by Gasteiger charge is -2.13. The molecular weight excluding hydrogens is 234 g/mol. The summed E-state index contributed by atoms with van der Waals surface area (Å²) in [6, 6.07) is 3.03. The third-order valence-corrected chi connectivity index (χ3v) is 2.98. The van der Waals surface area contributed by atoms with Crippen LogP contribution in [0.15, 0.2) is 18.3 Å². The lowest BCUT2D eigenvalue weighted by Crippen LogP contribution is -2.35. The van der Waals surface area contributed by atoms with E-state index < -0.39 is 5.97 Å². The second kappa shape index (κ2) is 5.71. The van der Waals surface area contributed by atoms with Crippen molar-refractivity contribution in [1.82, 2.24) is 0 Å². The van der Waals surface area contributed by atoms with Gasteiger partial charge in [0.15, 0.2) is 6.20 Å². The maximum atomic E-state index is 11.6. The predicted molar refractivity (Wildman–Crippen MR) is 64.2 cm³/mol.